The Hall–Kier alpha value is -2.39. The van der Waals surface area contributed by atoms with Crippen molar-refractivity contribution < 1.29 is 38.3 Å². The molecule has 1 aromatic rings. The number of rotatable bonds is 14. The van der Waals surface area contributed by atoms with Gasteiger partial charge in [-0.05, 0) is 58.1 Å². The molecule has 0 unspecified atom stereocenters. The van der Waals surface area contributed by atoms with Crippen LogP contribution >= 0.6 is 0 Å². The Labute approximate surface area is 202 Å². The van der Waals surface area contributed by atoms with Crippen molar-refractivity contribution in [2.45, 2.75) is 76.7 Å². The van der Waals surface area contributed by atoms with Crippen LogP contribution in [-0.2, 0) is 23.7 Å². The minimum Gasteiger partial charge on any atom is -0.507 e. The van der Waals surface area contributed by atoms with E-state index in [0.717, 1.165) is 6.42 Å². The van der Waals surface area contributed by atoms with Crippen LogP contribution in [0.4, 0.5) is 0 Å². The molecule has 1 heterocycles. The lowest BCUT2D eigenvalue weighted by atomic mass is 9.99. The lowest BCUT2D eigenvalue weighted by Crippen LogP contribution is -2.37. The number of carbonyl (C=O) groups excluding carboxylic acids is 1. The fourth-order valence-corrected chi connectivity index (χ4v) is 4.05. The third-order valence-electron chi connectivity index (χ3n) is 5.58. The van der Waals surface area contributed by atoms with Gasteiger partial charge in [-0.15, -0.1) is 6.58 Å². The summed E-state index contributed by atoms with van der Waals surface area (Å²) in [5.41, 5.74) is 0.513. The summed E-state index contributed by atoms with van der Waals surface area (Å²) in [6.45, 7) is 13.3. The highest BCUT2D eigenvalue weighted by atomic mass is 16.8. The van der Waals surface area contributed by atoms with Crippen molar-refractivity contribution in [3.05, 3.63) is 42.5 Å². The number of aromatic hydroxyl groups is 1. The van der Waals surface area contributed by atoms with Crippen LogP contribution in [0.25, 0.3) is 6.08 Å². The third-order valence-corrected chi connectivity index (χ3v) is 5.58. The molecule has 2 rings (SSSR count). The minimum atomic E-state index is -0.726. The van der Waals surface area contributed by atoms with Gasteiger partial charge in [0, 0.05) is 13.2 Å². The van der Waals surface area contributed by atoms with Gasteiger partial charge in [0.2, 0.25) is 0 Å². The average Bonchev–Trinajstić information content (AvgIpc) is 3.09. The first kappa shape index (κ1) is 27.9. The molecule has 1 N–H and O–H groups in total. The number of esters is 1. The van der Waals surface area contributed by atoms with Gasteiger partial charge in [0.15, 0.2) is 5.79 Å². The Bertz CT molecular complexity index is 834. The monoisotopic (exact) mass is 478 g/mol. The first-order valence-corrected chi connectivity index (χ1v) is 11.5. The molecule has 0 aromatic heterocycles. The van der Waals surface area contributed by atoms with E-state index in [2.05, 4.69) is 13.2 Å². The molecule has 34 heavy (non-hydrogen) atoms. The van der Waals surface area contributed by atoms with Crippen LogP contribution in [-0.4, -0.2) is 62.3 Å². The van der Waals surface area contributed by atoms with E-state index in [9.17, 15) is 9.90 Å². The van der Waals surface area contributed by atoms with E-state index < -0.39 is 11.8 Å². The summed E-state index contributed by atoms with van der Waals surface area (Å²) in [7, 11) is 3.06. The highest BCUT2D eigenvalue weighted by molar-refractivity contribution is 5.97. The number of benzene rings is 1. The van der Waals surface area contributed by atoms with Crippen LogP contribution in [0, 0.1) is 0 Å². The highest BCUT2D eigenvalue weighted by Gasteiger charge is 2.45. The standard InChI is InChI=1S/C26H38O8/c1-8-11-21(31-16-29-6)24-22(33-26(4,5)34-24)13-10-12-17(3)32-25(28)23-18(9-2)14-19(30-7)15-20(23)27/h8-9,14-15,17,21-22,24,27H,1-2,10-13,16H2,3-7H3/t17-,21-,22+,24+/m0/s1. The first-order valence-electron chi connectivity index (χ1n) is 11.5. The van der Waals surface area contributed by atoms with E-state index in [0.29, 0.717) is 30.6 Å². The van der Waals surface area contributed by atoms with Crippen LogP contribution in [0.3, 0.4) is 0 Å². The first-order chi connectivity index (χ1) is 16.1. The zero-order valence-electron chi connectivity index (χ0n) is 20.9. The quantitative estimate of drug-likeness (QED) is 0.231. The number of carbonyl (C=O) groups is 1. The van der Waals surface area contributed by atoms with Crippen molar-refractivity contribution in [3.8, 4) is 11.5 Å². The number of phenols is 1. The molecular weight excluding hydrogens is 440 g/mol. The predicted octanol–water partition coefficient (Wildman–Crippen LogP) is 4.84. The second-order valence-electron chi connectivity index (χ2n) is 8.74. The maximum Gasteiger partial charge on any atom is 0.342 e. The van der Waals surface area contributed by atoms with Gasteiger partial charge in [0.1, 0.15) is 30.0 Å². The minimum absolute atomic E-state index is 0.0690. The Morgan fingerprint density at radius 2 is 2.00 bits per heavy atom. The van der Waals surface area contributed by atoms with E-state index in [1.54, 1.807) is 19.3 Å². The zero-order chi connectivity index (χ0) is 25.3. The molecule has 4 atom stereocenters. The van der Waals surface area contributed by atoms with Gasteiger partial charge in [-0.1, -0.05) is 18.7 Å². The van der Waals surface area contributed by atoms with E-state index in [4.69, 9.17) is 28.4 Å². The maximum absolute atomic E-state index is 12.7. The second kappa shape index (κ2) is 12.9. The van der Waals surface area contributed by atoms with Crippen molar-refractivity contribution in [2.75, 3.05) is 21.0 Å². The molecule has 1 aromatic carbocycles. The predicted molar refractivity (Wildman–Crippen MR) is 129 cm³/mol. The van der Waals surface area contributed by atoms with Crippen molar-refractivity contribution >= 4 is 12.0 Å². The van der Waals surface area contributed by atoms with Crippen LogP contribution in [0.5, 0.6) is 11.5 Å². The van der Waals surface area contributed by atoms with Gasteiger partial charge in [-0.3, -0.25) is 0 Å². The molecule has 0 radical (unpaired) electrons. The van der Waals surface area contributed by atoms with E-state index >= 15 is 0 Å². The summed E-state index contributed by atoms with van der Waals surface area (Å²) in [4.78, 5) is 12.7. The molecular formula is C26H38O8. The lowest BCUT2D eigenvalue weighted by molar-refractivity contribution is -0.169. The number of hydrogen-bond donors (Lipinski definition) is 1. The van der Waals surface area contributed by atoms with Gasteiger partial charge in [-0.25, -0.2) is 4.79 Å². The molecule has 0 saturated carbocycles. The molecule has 0 spiro atoms. The molecule has 8 nitrogen and oxygen atoms in total. The normalized spacial score (nSPS) is 21.0. The van der Waals surface area contributed by atoms with Gasteiger partial charge < -0.3 is 33.5 Å². The van der Waals surface area contributed by atoms with E-state index in [1.165, 1.54) is 19.3 Å². The summed E-state index contributed by atoms with van der Waals surface area (Å²) in [6, 6.07) is 3.00. The molecule has 1 aliphatic rings. The van der Waals surface area contributed by atoms with Crippen molar-refractivity contribution in [3.63, 3.8) is 0 Å². The smallest absolute Gasteiger partial charge is 0.342 e. The molecule has 0 bridgehead atoms. The number of hydrogen-bond acceptors (Lipinski definition) is 8. The maximum atomic E-state index is 12.7. The summed E-state index contributed by atoms with van der Waals surface area (Å²) in [6.07, 6.45) is 4.87. The molecule has 0 amide bonds. The second-order valence-corrected chi connectivity index (χ2v) is 8.74. The van der Waals surface area contributed by atoms with Crippen molar-refractivity contribution in [2.24, 2.45) is 0 Å². The molecule has 1 aliphatic heterocycles. The van der Waals surface area contributed by atoms with Gasteiger partial charge in [0.05, 0.1) is 25.4 Å². The Morgan fingerprint density at radius 3 is 2.62 bits per heavy atom. The Morgan fingerprint density at radius 1 is 1.26 bits per heavy atom. The average molecular weight is 479 g/mol. The molecule has 1 fully saturated rings. The lowest BCUT2D eigenvalue weighted by Gasteiger charge is -2.26. The van der Waals surface area contributed by atoms with Crippen LogP contribution in [0.15, 0.2) is 31.4 Å². The number of methoxy groups -OCH3 is 2. The fourth-order valence-electron chi connectivity index (χ4n) is 4.05. The molecule has 1 saturated heterocycles. The van der Waals surface area contributed by atoms with Gasteiger partial charge in [-0.2, -0.15) is 0 Å². The van der Waals surface area contributed by atoms with Crippen LogP contribution in [0.1, 0.15) is 62.4 Å². The fraction of sp³-hybridized carbons (Fsp3) is 0.577. The molecule has 190 valence electrons. The third kappa shape index (κ3) is 7.56. The van der Waals surface area contributed by atoms with Crippen LogP contribution < -0.4 is 4.74 Å². The largest absolute Gasteiger partial charge is 0.507 e. The summed E-state index contributed by atoms with van der Waals surface area (Å²) >= 11 is 0. The van der Waals surface area contributed by atoms with Gasteiger partial charge in [0.25, 0.3) is 0 Å². The Kier molecular flexibility index (Phi) is 10.6. The topological polar surface area (TPSA) is 92.7 Å². The van der Waals surface area contributed by atoms with E-state index in [1.807, 2.05) is 20.8 Å². The Balaban J connectivity index is 1.96. The SMILES string of the molecule is C=CC[C@H](OCOC)[C@H]1OC(C)(C)O[C@@H]1CCC[C@H](C)OC(=O)c1c(O)cc(OC)cc1C=C. The highest BCUT2D eigenvalue weighted by Crippen LogP contribution is 2.35. The zero-order valence-corrected chi connectivity index (χ0v) is 20.9. The summed E-state index contributed by atoms with van der Waals surface area (Å²) in [5, 5.41) is 10.3. The number of phenolic OH excluding ortho intramolecular Hbond substituents is 1. The van der Waals surface area contributed by atoms with Crippen molar-refractivity contribution in [1.29, 1.82) is 0 Å². The summed E-state index contributed by atoms with van der Waals surface area (Å²) < 4.78 is 33.8. The van der Waals surface area contributed by atoms with Crippen LogP contribution in [0.2, 0.25) is 0 Å². The van der Waals surface area contributed by atoms with Gasteiger partial charge >= 0.3 is 5.97 Å². The molecule has 0 aliphatic carbocycles. The van der Waals surface area contributed by atoms with E-state index in [-0.39, 0.29) is 42.5 Å². The van der Waals surface area contributed by atoms with Crippen molar-refractivity contribution in [1.82, 2.24) is 0 Å². The molecule has 8 heteroatoms. The summed E-state index contributed by atoms with van der Waals surface area (Å²) in [5.74, 6) is -1.12. The number of ether oxygens (including phenoxy) is 6.